The van der Waals surface area contributed by atoms with Crippen LogP contribution < -0.4 is 10.5 Å². The van der Waals surface area contributed by atoms with Gasteiger partial charge >= 0.3 is 0 Å². The molecule has 96 valence electrons. The Hall–Kier alpha value is -0.780. The zero-order valence-electron chi connectivity index (χ0n) is 9.86. The highest BCUT2D eigenvalue weighted by Crippen LogP contribution is 2.33. The van der Waals surface area contributed by atoms with Crippen molar-refractivity contribution in [2.45, 2.75) is 17.7 Å². The molecule has 0 aliphatic heterocycles. The molecule has 0 bridgehead atoms. The molecule has 0 radical (unpaired) electrons. The molecular weight excluding hydrogens is 262 g/mol. The van der Waals surface area contributed by atoms with Gasteiger partial charge < -0.3 is 10.5 Å². The second-order valence-corrected chi connectivity index (χ2v) is 6.16. The Bertz CT molecular complexity index is 500. The third kappa shape index (κ3) is 3.59. The van der Waals surface area contributed by atoms with Gasteiger partial charge in [-0.3, -0.25) is 0 Å². The van der Waals surface area contributed by atoms with Crippen LogP contribution in [0.1, 0.15) is 12.0 Å². The number of benzene rings is 1. The first-order chi connectivity index (χ1) is 7.90. The second-order valence-electron chi connectivity index (χ2n) is 3.77. The number of halogens is 1. The largest absolute Gasteiger partial charge is 0.494 e. The first-order valence-corrected chi connectivity index (χ1v) is 7.43. The summed E-state index contributed by atoms with van der Waals surface area (Å²) >= 11 is 6.00. The average molecular weight is 278 g/mol. The molecule has 0 aliphatic rings. The molecule has 0 atom stereocenters. The van der Waals surface area contributed by atoms with E-state index in [1.54, 1.807) is 12.1 Å². The van der Waals surface area contributed by atoms with E-state index in [0.717, 1.165) is 18.2 Å². The molecule has 0 amide bonds. The van der Waals surface area contributed by atoms with E-state index in [-0.39, 0.29) is 10.6 Å². The molecule has 17 heavy (non-hydrogen) atoms. The monoisotopic (exact) mass is 277 g/mol. The Morgan fingerprint density at radius 1 is 1.41 bits per heavy atom. The van der Waals surface area contributed by atoms with Crippen LogP contribution in [-0.4, -0.2) is 28.3 Å². The van der Waals surface area contributed by atoms with Gasteiger partial charge in [0.25, 0.3) is 0 Å². The number of ether oxygens (including phenoxy) is 1. The maximum Gasteiger partial charge on any atom is 0.179 e. The van der Waals surface area contributed by atoms with E-state index in [0.29, 0.717) is 18.0 Å². The summed E-state index contributed by atoms with van der Waals surface area (Å²) in [4.78, 5) is 0.125. The van der Waals surface area contributed by atoms with Crippen LogP contribution in [0, 0.1) is 0 Å². The lowest BCUT2D eigenvalue weighted by Gasteiger charge is -2.11. The molecule has 0 heterocycles. The number of sulfone groups is 1. The lowest BCUT2D eigenvalue weighted by molar-refractivity contribution is 0.403. The number of methoxy groups -OCH3 is 1. The zero-order chi connectivity index (χ0) is 13.1. The van der Waals surface area contributed by atoms with E-state index in [9.17, 15) is 8.42 Å². The topological polar surface area (TPSA) is 69.4 Å². The normalized spacial score (nSPS) is 11.5. The third-order valence-corrected chi connectivity index (χ3v) is 3.73. The van der Waals surface area contributed by atoms with Gasteiger partial charge in [0.05, 0.1) is 12.1 Å². The molecule has 0 aliphatic carbocycles. The first-order valence-electron chi connectivity index (χ1n) is 5.16. The predicted octanol–water partition coefficient (Wildman–Crippen LogP) is 1.64. The molecule has 0 saturated heterocycles. The minimum absolute atomic E-state index is 0.125. The summed E-state index contributed by atoms with van der Waals surface area (Å²) in [5.74, 6) is 0.200. The van der Waals surface area contributed by atoms with Gasteiger partial charge in [0.15, 0.2) is 15.6 Å². The molecule has 0 fully saturated rings. The van der Waals surface area contributed by atoms with Crippen LogP contribution in [0.15, 0.2) is 17.0 Å². The molecule has 0 spiro atoms. The summed E-state index contributed by atoms with van der Waals surface area (Å²) < 4.78 is 28.3. The third-order valence-electron chi connectivity index (χ3n) is 2.34. The number of hydrogen-bond donors (Lipinski definition) is 1. The minimum atomic E-state index is -3.36. The summed E-state index contributed by atoms with van der Waals surface area (Å²) in [6.07, 6.45) is 2.61. The van der Waals surface area contributed by atoms with Crippen LogP contribution in [0.3, 0.4) is 0 Å². The molecule has 1 rings (SSSR count). The Kier molecular flexibility index (Phi) is 4.80. The van der Waals surface area contributed by atoms with E-state index in [2.05, 4.69) is 0 Å². The highest BCUT2D eigenvalue weighted by molar-refractivity contribution is 7.90. The Balaban J connectivity index is 3.29. The quantitative estimate of drug-likeness (QED) is 0.888. The number of hydrogen-bond acceptors (Lipinski definition) is 4. The van der Waals surface area contributed by atoms with Gasteiger partial charge in [-0.15, -0.1) is 0 Å². The summed E-state index contributed by atoms with van der Waals surface area (Å²) in [5, 5.41) is 0.308. The summed E-state index contributed by atoms with van der Waals surface area (Å²) in [5.41, 5.74) is 6.27. The number of aryl methyl sites for hydroxylation is 1. The van der Waals surface area contributed by atoms with Crippen molar-refractivity contribution in [3.05, 3.63) is 22.7 Å². The minimum Gasteiger partial charge on any atom is -0.494 e. The molecule has 0 aromatic heterocycles. The molecule has 4 nitrogen and oxygen atoms in total. The molecule has 2 N–H and O–H groups in total. The summed E-state index contributed by atoms with van der Waals surface area (Å²) in [7, 11) is -1.96. The van der Waals surface area contributed by atoms with Crippen molar-refractivity contribution in [3.8, 4) is 5.75 Å². The maximum atomic E-state index is 11.6. The van der Waals surface area contributed by atoms with E-state index >= 15 is 0 Å². The lowest BCUT2D eigenvalue weighted by Crippen LogP contribution is -2.04. The van der Waals surface area contributed by atoms with Crippen molar-refractivity contribution < 1.29 is 13.2 Å². The Morgan fingerprint density at radius 3 is 2.53 bits per heavy atom. The van der Waals surface area contributed by atoms with Gasteiger partial charge in [0.2, 0.25) is 0 Å². The molecule has 6 heteroatoms. The smallest absolute Gasteiger partial charge is 0.179 e. The van der Waals surface area contributed by atoms with Crippen LogP contribution in [0.2, 0.25) is 5.02 Å². The van der Waals surface area contributed by atoms with Crippen LogP contribution in [0.5, 0.6) is 5.75 Å². The fraction of sp³-hybridized carbons (Fsp3) is 0.455. The number of rotatable bonds is 5. The Morgan fingerprint density at radius 2 is 2.06 bits per heavy atom. The molecular formula is C11H16ClNO3S. The molecule has 0 saturated carbocycles. The highest BCUT2D eigenvalue weighted by atomic mass is 35.5. The predicted molar refractivity (Wildman–Crippen MR) is 68.5 cm³/mol. The van der Waals surface area contributed by atoms with Gasteiger partial charge in [-0.2, -0.15) is 0 Å². The van der Waals surface area contributed by atoms with Gasteiger partial charge in [-0.25, -0.2) is 8.42 Å². The SMILES string of the molecule is COc1c(Cl)cc(CCCN)cc1S(C)(=O)=O. The van der Waals surface area contributed by atoms with Crippen molar-refractivity contribution in [1.29, 1.82) is 0 Å². The van der Waals surface area contributed by atoms with E-state index in [1.165, 1.54) is 7.11 Å². The molecule has 1 aromatic carbocycles. The fourth-order valence-electron chi connectivity index (χ4n) is 1.55. The first kappa shape index (κ1) is 14.3. The van der Waals surface area contributed by atoms with Crippen molar-refractivity contribution in [3.63, 3.8) is 0 Å². The van der Waals surface area contributed by atoms with Crippen molar-refractivity contribution >= 4 is 21.4 Å². The van der Waals surface area contributed by atoms with Crippen molar-refractivity contribution in [2.75, 3.05) is 19.9 Å². The molecule has 1 aromatic rings. The van der Waals surface area contributed by atoms with Gasteiger partial charge in [-0.05, 0) is 37.1 Å². The van der Waals surface area contributed by atoms with Crippen LogP contribution in [0.4, 0.5) is 0 Å². The van der Waals surface area contributed by atoms with Gasteiger partial charge in [-0.1, -0.05) is 11.6 Å². The Labute approximate surface area is 107 Å². The standard InChI is InChI=1S/C11H16ClNO3S/c1-16-11-9(12)6-8(4-3-5-13)7-10(11)17(2,14)15/h6-7H,3-5,13H2,1-2H3. The lowest BCUT2D eigenvalue weighted by atomic mass is 10.1. The maximum absolute atomic E-state index is 11.6. The van der Waals surface area contributed by atoms with Crippen LogP contribution in [0.25, 0.3) is 0 Å². The zero-order valence-corrected chi connectivity index (χ0v) is 11.4. The van der Waals surface area contributed by atoms with Crippen molar-refractivity contribution in [1.82, 2.24) is 0 Å². The molecule has 0 unspecified atom stereocenters. The van der Waals surface area contributed by atoms with Crippen LogP contribution in [-0.2, 0) is 16.3 Å². The van der Waals surface area contributed by atoms with E-state index in [1.807, 2.05) is 0 Å². The number of nitrogens with two attached hydrogens (primary N) is 1. The van der Waals surface area contributed by atoms with Crippen LogP contribution >= 0.6 is 11.6 Å². The van der Waals surface area contributed by atoms with Gasteiger partial charge in [0.1, 0.15) is 4.90 Å². The van der Waals surface area contributed by atoms with Crippen molar-refractivity contribution in [2.24, 2.45) is 5.73 Å². The van der Waals surface area contributed by atoms with E-state index < -0.39 is 9.84 Å². The van der Waals surface area contributed by atoms with Gasteiger partial charge in [0, 0.05) is 6.26 Å². The average Bonchev–Trinajstić information content (AvgIpc) is 2.24. The van der Waals surface area contributed by atoms with E-state index in [4.69, 9.17) is 22.1 Å². The highest BCUT2D eigenvalue weighted by Gasteiger charge is 2.18. The summed E-state index contributed by atoms with van der Waals surface area (Å²) in [6, 6.07) is 3.31. The second kappa shape index (κ2) is 5.71. The fourth-order valence-corrected chi connectivity index (χ4v) is 2.82. The summed E-state index contributed by atoms with van der Waals surface area (Å²) in [6.45, 7) is 0.553.